The Morgan fingerprint density at radius 1 is 1.10 bits per heavy atom. The molecule has 2 saturated heterocycles. The Labute approximate surface area is 282 Å². The van der Waals surface area contributed by atoms with E-state index in [4.69, 9.17) is 34.2 Å². The molecule has 15 nitrogen and oxygen atoms in total. The zero-order valence-corrected chi connectivity index (χ0v) is 27.7. The van der Waals surface area contributed by atoms with Crippen LogP contribution in [-0.4, -0.2) is 109 Å². The number of phenolic OH excluding ortho intramolecular Hbond substituents is 2. The molecule has 2 heterocycles. The summed E-state index contributed by atoms with van der Waals surface area (Å²) in [7, 11) is 1.35. The SMILES string of the molecule is COc1cccc2c1C(=O)c1c(O)c3c(c(O)c1C2=O)C[C@@](O)(C(=O)NCCN)CC3O[C@H]1CC[C@H](O[C@H]2NCCO[C@@H]2OC(C)C)CO1. The van der Waals surface area contributed by atoms with E-state index in [0.717, 1.165) is 0 Å². The quantitative estimate of drug-likeness (QED) is 0.164. The maximum Gasteiger partial charge on any atom is 0.252 e. The number of hydrogen-bond donors (Lipinski definition) is 6. The lowest BCUT2D eigenvalue weighted by molar-refractivity contribution is -0.276. The van der Waals surface area contributed by atoms with Crippen LogP contribution in [0.4, 0.5) is 0 Å². The second-order valence-electron chi connectivity index (χ2n) is 12.9. The summed E-state index contributed by atoms with van der Waals surface area (Å²) in [6.07, 6.45) is -3.62. The van der Waals surface area contributed by atoms with E-state index in [2.05, 4.69) is 10.6 Å². The molecule has 6 atom stereocenters. The van der Waals surface area contributed by atoms with Crippen molar-refractivity contribution in [3.8, 4) is 17.2 Å². The van der Waals surface area contributed by atoms with Crippen molar-refractivity contribution in [2.24, 2.45) is 5.73 Å². The van der Waals surface area contributed by atoms with E-state index in [-0.39, 0.29) is 66.3 Å². The van der Waals surface area contributed by atoms with E-state index in [1.807, 2.05) is 13.8 Å². The summed E-state index contributed by atoms with van der Waals surface area (Å²) < 4.78 is 35.5. The lowest BCUT2D eigenvalue weighted by Crippen LogP contribution is -2.54. The van der Waals surface area contributed by atoms with E-state index in [0.29, 0.717) is 26.0 Å². The number of nitrogens with two attached hydrogens (primary N) is 1. The predicted molar refractivity (Wildman–Crippen MR) is 170 cm³/mol. The highest BCUT2D eigenvalue weighted by molar-refractivity contribution is 6.31. The van der Waals surface area contributed by atoms with Crippen LogP contribution >= 0.6 is 0 Å². The summed E-state index contributed by atoms with van der Waals surface area (Å²) in [6.45, 7) is 5.21. The summed E-state index contributed by atoms with van der Waals surface area (Å²) in [6, 6.07) is 4.47. The van der Waals surface area contributed by atoms with Crippen molar-refractivity contribution in [3.63, 3.8) is 0 Å². The first-order valence-electron chi connectivity index (χ1n) is 16.5. The minimum Gasteiger partial charge on any atom is -0.507 e. The minimum absolute atomic E-state index is 0.0180. The fourth-order valence-corrected chi connectivity index (χ4v) is 6.92. The molecular weight excluding hydrogens is 642 g/mol. The maximum atomic E-state index is 13.9. The van der Waals surface area contributed by atoms with Crippen LogP contribution in [0.2, 0.25) is 0 Å². The van der Waals surface area contributed by atoms with Gasteiger partial charge in [-0.1, -0.05) is 12.1 Å². The van der Waals surface area contributed by atoms with Gasteiger partial charge in [0, 0.05) is 55.6 Å². The van der Waals surface area contributed by atoms with Gasteiger partial charge in [0.15, 0.2) is 24.6 Å². The van der Waals surface area contributed by atoms with Crippen LogP contribution in [0.15, 0.2) is 18.2 Å². The number of hydrogen-bond acceptors (Lipinski definition) is 14. The summed E-state index contributed by atoms with van der Waals surface area (Å²) in [5.74, 6) is -3.33. The number of rotatable bonds is 10. The summed E-state index contributed by atoms with van der Waals surface area (Å²) in [5, 5.41) is 40.9. The third-order valence-corrected chi connectivity index (χ3v) is 9.16. The number of aromatic hydroxyl groups is 2. The molecule has 2 aromatic carbocycles. The van der Waals surface area contributed by atoms with Crippen LogP contribution < -0.4 is 21.1 Å². The number of carbonyl (C=O) groups excluding carboxylic acids is 3. The average molecular weight is 686 g/mol. The average Bonchev–Trinajstić information content (AvgIpc) is 3.08. The molecule has 0 bridgehead atoms. The highest BCUT2D eigenvalue weighted by atomic mass is 16.7. The molecule has 2 fully saturated rings. The standard InChI is InChI=1S/C34H43N3O12/c1-16(2)47-32-31(36-11-12-45-32)48-17-7-8-22(46-15-17)49-21-14-34(43,33(42)37-10-9-35)13-19-24(21)30(41)26-25(28(19)39)27(38)18-5-4-6-20(44-3)23(18)29(26)40/h4-6,16-17,21-22,31-32,36,39,41,43H,7-15,35H2,1-3H3,(H,37,42)/t17-,21?,22-,31+,32+,34-/m0/s1. The Bertz CT molecular complexity index is 1610. The summed E-state index contributed by atoms with van der Waals surface area (Å²) in [4.78, 5) is 40.9. The van der Waals surface area contributed by atoms with E-state index in [9.17, 15) is 29.7 Å². The van der Waals surface area contributed by atoms with Gasteiger partial charge in [-0.3, -0.25) is 19.7 Å². The molecule has 49 heavy (non-hydrogen) atoms. The molecule has 2 aliphatic carbocycles. The number of methoxy groups -OCH3 is 1. The highest BCUT2D eigenvalue weighted by Crippen LogP contribution is 2.52. The van der Waals surface area contributed by atoms with Crippen LogP contribution in [0.25, 0.3) is 0 Å². The van der Waals surface area contributed by atoms with Gasteiger partial charge in [0.1, 0.15) is 22.8 Å². The summed E-state index contributed by atoms with van der Waals surface area (Å²) in [5.41, 5.74) is 2.40. The molecule has 0 radical (unpaired) electrons. The first-order valence-corrected chi connectivity index (χ1v) is 16.5. The molecule has 266 valence electrons. The van der Waals surface area contributed by atoms with Crippen molar-refractivity contribution < 1.29 is 58.1 Å². The van der Waals surface area contributed by atoms with Gasteiger partial charge in [-0.25, -0.2) is 0 Å². The second-order valence-corrected chi connectivity index (χ2v) is 12.9. The molecule has 0 saturated carbocycles. The molecule has 15 heteroatoms. The molecule has 2 aromatic rings. The van der Waals surface area contributed by atoms with E-state index in [1.54, 1.807) is 0 Å². The van der Waals surface area contributed by atoms with Crippen LogP contribution in [0, 0.1) is 0 Å². The van der Waals surface area contributed by atoms with Crippen molar-refractivity contribution >= 4 is 17.5 Å². The van der Waals surface area contributed by atoms with Crippen LogP contribution in [0.1, 0.15) is 82.2 Å². The van der Waals surface area contributed by atoms with Gasteiger partial charge in [0.25, 0.3) is 5.91 Å². The number of fused-ring (bicyclic) bond motifs is 3. The third-order valence-electron chi connectivity index (χ3n) is 9.16. The van der Waals surface area contributed by atoms with E-state index < -0.39 is 77.0 Å². The van der Waals surface area contributed by atoms with Gasteiger partial charge in [-0.2, -0.15) is 0 Å². The molecule has 1 amide bonds. The van der Waals surface area contributed by atoms with Crippen LogP contribution in [0.5, 0.6) is 17.2 Å². The molecule has 2 aliphatic heterocycles. The number of morpholine rings is 1. The number of aliphatic hydroxyl groups is 1. The fourth-order valence-electron chi connectivity index (χ4n) is 6.92. The molecule has 6 rings (SSSR count). The smallest absolute Gasteiger partial charge is 0.252 e. The van der Waals surface area contributed by atoms with Gasteiger partial charge in [0.2, 0.25) is 5.78 Å². The number of nitrogens with one attached hydrogen (secondary N) is 2. The first kappa shape index (κ1) is 35.2. The van der Waals surface area contributed by atoms with Crippen LogP contribution in [0.3, 0.4) is 0 Å². The second kappa shape index (κ2) is 14.3. The number of phenols is 2. The zero-order chi connectivity index (χ0) is 35.0. The zero-order valence-electron chi connectivity index (χ0n) is 27.7. The monoisotopic (exact) mass is 685 g/mol. The largest absolute Gasteiger partial charge is 0.507 e. The number of carbonyl (C=O) groups is 3. The Balaban J connectivity index is 1.30. The molecule has 0 aromatic heterocycles. The molecule has 4 aliphatic rings. The van der Waals surface area contributed by atoms with Crippen molar-refractivity contribution in [1.29, 1.82) is 0 Å². The Hall–Kier alpha value is -3.67. The summed E-state index contributed by atoms with van der Waals surface area (Å²) >= 11 is 0. The maximum absolute atomic E-state index is 13.9. The number of ether oxygens (including phenoxy) is 6. The van der Waals surface area contributed by atoms with Crippen LogP contribution in [-0.2, 0) is 34.9 Å². The molecule has 1 unspecified atom stereocenters. The topological polar surface area (TPSA) is 217 Å². The van der Waals surface area contributed by atoms with E-state index >= 15 is 0 Å². The van der Waals surface area contributed by atoms with Gasteiger partial charge in [-0.15, -0.1) is 0 Å². The van der Waals surface area contributed by atoms with Crippen molar-refractivity contribution in [2.75, 3.05) is 40.0 Å². The van der Waals surface area contributed by atoms with Gasteiger partial charge in [-0.05, 0) is 26.3 Å². The Morgan fingerprint density at radius 2 is 1.88 bits per heavy atom. The van der Waals surface area contributed by atoms with Crippen molar-refractivity contribution in [3.05, 3.63) is 51.6 Å². The predicted octanol–water partition coefficient (Wildman–Crippen LogP) is 0.910. The lowest BCUT2D eigenvalue weighted by Gasteiger charge is -2.41. The number of benzene rings is 2. The van der Waals surface area contributed by atoms with E-state index in [1.165, 1.54) is 25.3 Å². The van der Waals surface area contributed by atoms with Crippen molar-refractivity contribution in [1.82, 2.24) is 10.6 Å². The molecule has 0 spiro atoms. The highest BCUT2D eigenvalue weighted by Gasteiger charge is 2.50. The Morgan fingerprint density at radius 3 is 2.57 bits per heavy atom. The van der Waals surface area contributed by atoms with Gasteiger partial charge in [0.05, 0.1) is 55.3 Å². The first-order chi connectivity index (χ1) is 23.5. The van der Waals surface area contributed by atoms with Crippen molar-refractivity contribution in [2.45, 2.75) is 82.3 Å². The fraction of sp³-hybridized carbons (Fsp3) is 0.559. The molecule has 7 N–H and O–H groups in total. The Kier molecular flexibility index (Phi) is 10.3. The van der Waals surface area contributed by atoms with Gasteiger partial charge < -0.3 is 54.8 Å². The number of amides is 1. The normalized spacial score (nSPS) is 28.1. The lowest BCUT2D eigenvalue weighted by atomic mass is 9.72. The van der Waals surface area contributed by atoms with Gasteiger partial charge >= 0.3 is 0 Å². The number of ketones is 2. The minimum atomic E-state index is -2.13. The third kappa shape index (κ3) is 6.65. The molecular formula is C34H43N3O12.